The van der Waals surface area contributed by atoms with Crippen molar-refractivity contribution in [2.75, 3.05) is 20.1 Å². The van der Waals surface area contributed by atoms with Crippen LogP contribution in [0.5, 0.6) is 0 Å². The van der Waals surface area contributed by atoms with E-state index in [2.05, 4.69) is 0 Å². The van der Waals surface area contributed by atoms with Crippen LogP contribution < -0.4 is 0 Å². The quantitative estimate of drug-likeness (QED) is 0.751. The van der Waals surface area contributed by atoms with Crippen LogP contribution in [-0.2, 0) is 4.79 Å². The van der Waals surface area contributed by atoms with Gasteiger partial charge in [-0.15, -0.1) is 0 Å². The molecule has 1 fully saturated rings. The summed E-state index contributed by atoms with van der Waals surface area (Å²) < 4.78 is 0. The first-order valence-electron chi connectivity index (χ1n) is 6.07. The lowest BCUT2D eigenvalue weighted by Gasteiger charge is -2.44. The minimum Gasteiger partial charge on any atom is -0.342 e. The lowest BCUT2D eigenvalue weighted by Crippen LogP contribution is -2.63. The van der Waals surface area contributed by atoms with Gasteiger partial charge in [-0.25, -0.2) is 0 Å². The van der Waals surface area contributed by atoms with Crippen molar-refractivity contribution in [3.8, 4) is 0 Å². The van der Waals surface area contributed by atoms with Gasteiger partial charge in [-0.2, -0.15) is 0 Å². The molecule has 18 heavy (non-hydrogen) atoms. The maximum atomic E-state index is 12.4. The molecule has 0 aliphatic carbocycles. The van der Waals surface area contributed by atoms with E-state index in [1.807, 2.05) is 18.2 Å². The molecule has 1 aliphatic rings. The first-order valence-corrected chi connectivity index (χ1v) is 6.07. The van der Waals surface area contributed by atoms with Crippen LogP contribution in [0, 0.1) is 0 Å². The molecule has 0 atom stereocenters. The molecule has 1 aliphatic heterocycles. The molecule has 1 aromatic carbocycles. The molecule has 0 unspecified atom stereocenters. The highest BCUT2D eigenvalue weighted by Gasteiger charge is 2.43. The van der Waals surface area contributed by atoms with Crippen LogP contribution in [-0.4, -0.2) is 47.3 Å². The van der Waals surface area contributed by atoms with Gasteiger partial charge in [0, 0.05) is 25.7 Å². The third-order valence-electron chi connectivity index (χ3n) is 3.47. The summed E-state index contributed by atoms with van der Waals surface area (Å²) in [7, 11) is 1.77. The van der Waals surface area contributed by atoms with Gasteiger partial charge < -0.3 is 9.80 Å². The molecule has 1 saturated heterocycles. The molecule has 0 bridgehead atoms. The Morgan fingerprint density at radius 3 is 2.39 bits per heavy atom. The minimum absolute atomic E-state index is 0.0157. The van der Waals surface area contributed by atoms with Crippen LogP contribution in [0.3, 0.4) is 0 Å². The standard InChI is InChI=1S/C14H18N2O2/c1-14(2)13(18)15(3)9-10-16(14)12(17)11-7-5-4-6-8-11/h4-8H,9-10H2,1-3H3. The van der Waals surface area contributed by atoms with E-state index in [1.165, 1.54) is 0 Å². The topological polar surface area (TPSA) is 40.6 Å². The summed E-state index contributed by atoms with van der Waals surface area (Å²) >= 11 is 0. The molecule has 1 heterocycles. The highest BCUT2D eigenvalue weighted by molar-refractivity contribution is 5.99. The van der Waals surface area contributed by atoms with Gasteiger partial charge in [0.2, 0.25) is 5.91 Å². The Labute approximate surface area is 107 Å². The second-order valence-electron chi connectivity index (χ2n) is 5.11. The van der Waals surface area contributed by atoms with Gasteiger partial charge in [0.25, 0.3) is 5.91 Å². The lowest BCUT2D eigenvalue weighted by molar-refractivity contribution is -0.144. The van der Waals surface area contributed by atoms with Crippen LogP contribution in [0.25, 0.3) is 0 Å². The first kappa shape index (κ1) is 12.6. The number of amides is 2. The molecule has 4 nitrogen and oxygen atoms in total. The number of carbonyl (C=O) groups is 2. The van der Waals surface area contributed by atoms with Gasteiger partial charge in [0.05, 0.1) is 0 Å². The Hall–Kier alpha value is -1.84. The maximum absolute atomic E-state index is 12.4. The number of carbonyl (C=O) groups excluding carboxylic acids is 2. The van der Waals surface area contributed by atoms with E-state index in [-0.39, 0.29) is 11.8 Å². The highest BCUT2D eigenvalue weighted by atomic mass is 16.2. The van der Waals surface area contributed by atoms with Crippen LogP contribution in [0.15, 0.2) is 30.3 Å². The molecule has 1 aromatic rings. The van der Waals surface area contributed by atoms with Gasteiger partial charge in [0.15, 0.2) is 0 Å². The molecule has 2 rings (SSSR count). The maximum Gasteiger partial charge on any atom is 0.254 e. The summed E-state index contributed by atoms with van der Waals surface area (Å²) in [5, 5.41) is 0. The third-order valence-corrected chi connectivity index (χ3v) is 3.47. The van der Waals surface area contributed by atoms with E-state index in [0.29, 0.717) is 18.7 Å². The number of nitrogens with zero attached hydrogens (tertiary/aromatic N) is 2. The molecule has 0 radical (unpaired) electrons. The molecule has 4 heteroatoms. The van der Waals surface area contributed by atoms with Crippen molar-refractivity contribution in [1.82, 2.24) is 9.80 Å². The zero-order chi connectivity index (χ0) is 13.3. The fraction of sp³-hybridized carbons (Fsp3) is 0.429. The third kappa shape index (κ3) is 1.98. The van der Waals surface area contributed by atoms with E-state index in [1.54, 1.807) is 42.8 Å². The van der Waals surface area contributed by atoms with E-state index in [4.69, 9.17) is 0 Å². The van der Waals surface area contributed by atoms with Gasteiger partial charge >= 0.3 is 0 Å². The van der Waals surface area contributed by atoms with Crippen molar-refractivity contribution in [3.63, 3.8) is 0 Å². The predicted octanol–water partition coefficient (Wildman–Crippen LogP) is 1.38. The van der Waals surface area contributed by atoms with E-state index < -0.39 is 5.54 Å². The van der Waals surface area contributed by atoms with Crippen molar-refractivity contribution in [2.24, 2.45) is 0 Å². The fourth-order valence-corrected chi connectivity index (χ4v) is 2.31. The molecule has 0 spiro atoms. The predicted molar refractivity (Wildman–Crippen MR) is 69.2 cm³/mol. The van der Waals surface area contributed by atoms with Crippen LogP contribution in [0.4, 0.5) is 0 Å². The average molecular weight is 246 g/mol. The molecule has 0 saturated carbocycles. The van der Waals surface area contributed by atoms with Crippen molar-refractivity contribution >= 4 is 11.8 Å². The number of benzene rings is 1. The Balaban J connectivity index is 2.29. The molecule has 2 amide bonds. The van der Waals surface area contributed by atoms with Gasteiger partial charge in [-0.1, -0.05) is 18.2 Å². The number of hydrogen-bond acceptors (Lipinski definition) is 2. The number of rotatable bonds is 1. The summed E-state index contributed by atoms with van der Waals surface area (Å²) in [6.45, 7) is 4.75. The summed E-state index contributed by atoms with van der Waals surface area (Å²) in [5.41, 5.74) is -0.150. The largest absolute Gasteiger partial charge is 0.342 e. The van der Waals surface area contributed by atoms with Crippen molar-refractivity contribution in [3.05, 3.63) is 35.9 Å². The normalized spacial score (nSPS) is 18.9. The van der Waals surface area contributed by atoms with Gasteiger partial charge in [-0.05, 0) is 26.0 Å². The lowest BCUT2D eigenvalue weighted by atomic mass is 9.96. The number of hydrogen-bond donors (Lipinski definition) is 0. The molecular formula is C14H18N2O2. The van der Waals surface area contributed by atoms with E-state index in [0.717, 1.165) is 0 Å². The van der Waals surface area contributed by atoms with Crippen LogP contribution in [0.2, 0.25) is 0 Å². The second kappa shape index (κ2) is 4.44. The molecule has 0 aromatic heterocycles. The SMILES string of the molecule is CN1CCN(C(=O)c2ccccc2)C(C)(C)C1=O. The molecule has 0 N–H and O–H groups in total. The summed E-state index contributed by atoms with van der Waals surface area (Å²) in [4.78, 5) is 27.9. The van der Waals surface area contributed by atoms with Gasteiger partial charge in [0.1, 0.15) is 5.54 Å². The smallest absolute Gasteiger partial charge is 0.254 e. The Morgan fingerprint density at radius 1 is 1.17 bits per heavy atom. The van der Waals surface area contributed by atoms with Crippen molar-refractivity contribution < 1.29 is 9.59 Å². The number of piperazine rings is 1. The van der Waals surface area contributed by atoms with Crippen molar-refractivity contribution in [2.45, 2.75) is 19.4 Å². The number of likely N-dealkylation sites (N-methyl/N-ethyl adjacent to an activating group) is 1. The second-order valence-corrected chi connectivity index (χ2v) is 5.11. The van der Waals surface area contributed by atoms with E-state index >= 15 is 0 Å². The minimum atomic E-state index is -0.778. The first-order chi connectivity index (χ1) is 8.44. The Morgan fingerprint density at radius 2 is 1.78 bits per heavy atom. The van der Waals surface area contributed by atoms with Crippen LogP contribution >= 0.6 is 0 Å². The summed E-state index contributed by atoms with van der Waals surface area (Å²) in [5.74, 6) is -0.0971. The zero-order valence-corrected chi connectivity index (χ0v) is 11.0. The van der Waals surface area contributed by atoms with E-state index in [9.17, 15) is 9.59 Å². The molecule has 96 valence electrons. The highest BCUT2D eigenvalue weighted by Crippen LogP contribution is 2.23. The zero-order valence-electron chi connectivity index (χ0n) is 11.0. The van der Waals surface area contributed by atoms with Crippen LogP contribution in [0.1, 0.15) is 24.2 Å². The Bertz CT molecular complexity index is 468. The average Bonchev–Trinajstić information content (AvgIpc) is 2.36. The van der Waals surface area contributed by atoms with Gasteiger partial charge in [-0.3, -0.25) is 9.59 Å². The molecular weight excluding hydrogens is 228 g/mol. The summed E-state index contributed by atoms with van der Waals surface area (Å²) in [6.07, 6.45) is 0. The fourth-order valence-electron chi connectivity index (χ4n) is 2.31. The Kier molecular flexibility index (Phi) is 3.11. The summed E-state index contributed by atoms with van der Waals surface area (Å²) in [6, 6.07) is 9.09. The van der Waals surface area contributed by atoms with Crippen molar-refractivity contribution in [1.29, 1.82) is 0 Å². The monoisotopic (exact) mass is 246 g/mol.